The molecule has 4 rings (SSSR count). The van der Waals surface area contributed by atoms with Crippen LogP contribution in [0, 0.1) is 11.6 Å². The largest absolute Gasteiger partial charge is 0.368 e. The fourth-order valence-electron chi connectivity index (χ4n) is 3.53. The summed E-state index contributed by atoms with van der Waals surface area (Å²) in [6.07, 6.45) is 5.13. The molecule has 1 aliphatic heterocycles. The maximum Gasteiger partial charge on any atom is 0.293 e. The van der Waals surface area contributed by atoms with Gasteiger partial charge in [-0.15, -0.1) is 0 Å². The Kier molecular flexibility index (Phi) is 7.02. The molecule has 1 aromatic carbocycles. The zero-order chi connectivity index (χ0) is 24.1. The predicted molar refractivity (Wildman–Crippen MR) is 123 cm³/mol. The van der Waals surface area contributed by atoms with Crippen LogP contribution < -0.4 is 15.5 Å². The summed E-state index contributed by atoms with van der Waals surface area (Å²) in [5.74, 6) is -2.62. The van der Waals surface area contributed by atoms with Crippen molar-refractivity contribution in [2.45, 2.75) is 6.42 Å². The number of likely N-dealkylation sites (N-methyl/N-ethyl adjacent to an activating group) is 1. The van der Waals surface area contributed by atoms with Crippen molar-refractivity contribution in [3.63, 3.8) is 0 Å². The number of aromatic nitrogens is 3. The molecular weight excluding hydrogens is 444 g/mol. The lowest BCUT2D eigenvalue weighted by molar-refractivity contribution is 0.101. The molecule has 11 heteroatoms. The molecular formula is C23H23F2N7O2. The number of hydrogen-bond acceptors (Lipinski definition) is 7. The highest BCUT2D eigenvalue weighted by molar-refractivity contribution is 6.11. The third kappa shape index (κ3) is 5.67. The second kappa shape index (κ2) is 10.3. The number of amides is 2. The number of carbonyl (C=O) groups excluding carboxylic acids is 2. The Balaban J connectivity index is 1.47. The molecule has 0 unspecified atom stereocenters. The predicted octanol–water partition coefficient (Wildman–Crippen LogP) is 2.80. The van der Waals surface area contributed by atoms with Crippen LogP contribution >= 0.6 is 0 Å². The smallest absolute Gasteiger partial charge is 0.293 e. The van der Waals surface area contributed by atoms with Gasteiger partial charge in [0.2, 0.25) is 5.82 Å². The van der Waals surface area contributed by atoms with Crippen molar-refractivity contribution in [3.05, 3.63) is 71.9 Å². The normalized spacial score (nSPS) is 14.4. The molecule has 0 bridgehead atoms. The summed E-state index contributed by atoms with van der Waals surface area (Å²) in [5.41, 5.74) is 0.750. The SMILES string of the molecule is CN1CCCN(c2cnc(C(=O)Nc3ccc(F)cc3C(=O)Nc3ccc(F)cn3)nc2)CC1. The highest BCUT2D eigenvalue weighted by Gasteiger charge is 2.19. The van der Waals surface area contributed by atoms with E-state index in [1.54, 1.807) is 12.4 Å². The molecule has 0 radical (unpaired) electrons. The Labute approximate surface area is 194 Å². The van der Waals surface area contributed by atoms with Crippen molar-refractivity contribution in [2.75, 3.05) is 48.8 Å². The number of halogens is 2. The molecule has 0 spiro atoms. The van der Waals surface area contributed by atoms with Crippen LogP contribution in [0.15, 0.2) is 48.9 Å². The molecule has 0 atom stereocenters. The Bertz CT molecular complexity index is 1170. The lowest BCUT2D eigenvalue weighted by Gasteiger charge is -2.22. The van der Waals surface area contributed by atoms with Gasteiger partial charge in [0.25, 0.3) is 11.8 Å². The maximum absolute atomic E-state index is 13.8. The minimum atomic E-state index is -0.726. The van der Waals surface area contributed by atoms with Crippen LogP contribution in [0.4, 0.5) is 26.0 Å². The number of pyridine rings is 1. The van der Waals surface area contributed by atoms with E-state index in [2.05, 4.69) is 42.4 Å². The van der Waals surface area contributed by atoms with Gasteiger partial charge >= 0.3 is 0 Å². The molecule has 0 aliphatic carbocycles. The molecule has 1 aliphatic rings. The monoisotopic (exact) mass is 467 g/mol. The molecule has 0 saturated carbocycles. The zero-order valence-electron chi connectivity index (χ0n) is 18.5. The Hall–Kier alpha value is -3.99. The summed E-state index contributed by atoms with van der Waals surface area (Å²) in [4.78, 5) is 41.9. The molecule has 3 heterocycles. The number of anilines is 3. The second-order valence-electron chi connectivity index (χ2n) is 7.87. The third-order valence-electron chi connectivity index (χ3n) is 5.37. The molecule has 2 amide bonds. The van der Waals surface area contributed by atoms with Crippen LogP contribution in [0.3, 0.4) is 0 Å². The van der Waals surface area contributed by atoms with Gasteiger partial charge in [0.1, 0.15) is 17.5 Å². The van der Waals surface area contributed by atoms with E-state index >= 15 is 0 Å². The molecule has 2 aromatic heterocycles. The lowest BCUT2D eigenvalue weighted by atomic mass is 10.1. The van der Waals surface area contributed by atoms with Gasteiger partial charge in [0.05, 0.1) is 35.5 Å². The molecule has 3 aromatic rings. The number of nitrogens with one attached hydrogen (secondary N) is 2. The summed E-state index contributed by atoms with van der Waals surface area (Å²) in [5, 5.41) is 5.00. The molecule has 1 fully saturated rings. The van der Waals surface area contributed by atoms with Gasteiger partial charge in [-0.2, -0.15) is 0 Å². The zero-order valence-corrected chi connectivity index (χ0v) is 18.5. The fraction of sp³-hybridized carbons (Fsp3) is 0.261. The Morgan fingerprint density at radius 1 is 0.853 bits per heavy atom. The first-order valence-electron chi connectivity index (χ1n) is 10.7. The van der Waals surface area contributed by atoms with E-state index in [0.717, 1.165) is 62.7 Å². The topological polar surface area (TPSA) is 103 Å². The van der Waals surface area contributed by atoms with Crippen molar-refractivity contribution in [1.82, 2.24) is 19.9 Å². The van der Waals surface area contributed by atoms with Gasteiger partial charge in [-0.1, -0.05) is 0 Å². The van der Waals surface area contributed by atoms with Crippen molar-refractivity contribution in [2.24, 2.45) is 0 Å². The van der Waals surface area contributed by atoms with Gasteiger partial charge in [-0.3, -0.25) is 9.59 Å². The summed E-state index contributed by atoms with van der Waals surface area (Å²) in [7, 11) is 2.08. The van der Waals surface area contributed by atoms with Gasteiger partial charge in [-0.05, 0) is 50.3 Å². The minimum absolute atomic E-state index is 0.0641. The highest BCUT2D eigenvalue weighted by Crippen LogP contribution is 2.20. The molecule has 1 saturated heterocycles. The van der Waals surface area contributed by atoms with E-state index in [4.69, 9.17) is 0 Å². The van der Waals surface area contributed by atoms with Gasteiger partial charge in [0, 0.05) is 19.6 Å². The Morgan fingerprint density at radius 3 is 2.35 bits per heavy atom. The number of benzene rings is 1. The second-order valence-corrected chi connectivity index (χ2v) is 7.87. The first kappa shape index (κ1) is 23.2. The van der Waals surface area contributed by atoms with Gasteiger partial charge < -0.3 is 20.4 Å². The average Bonchev–Trinajstić information content (AvgIpc) is 3.06. The number of rotatable bonds is 5. The molecule has 9 nitrogen and oxygen atoms in total. The van der Waals surface area contributed by atoms with E-state index in [1.807, 2.05) is 0 Å². The van der Waals surface area contributed by atoms with E-state index in [-0.39, 0.29) is 22.9 Å². The molecule has 2 N–H and O–H groups in total. The standard InChI is InChI=1S/C23H23F2N7O2/c1-31-7-2-8-32(10-9-31)17-13-27-21(28-14-17)23(34)29-19-5-3-15(24)11-18(19)22(33)30-20-6-4-16(25)12-26-20/h3-6,11-14H,2,7-10H2,1H3,(H,29,34)(H,26,30,33). The van der Waals surface area contributed by atoms with E-state index < -0.39 is 23.4 Å². The van der Waals surface area contributed by atoms with E-state index in [1.165, 1.54) is 12.1 Å². The minimum Gasteiger partial charge on any atom is -0.368 e. The summed E-state index contributed by atoms with van der Waals surface area (Å²) in [6.45, 7) is 3.65. The van der Waals surface area contributed by atoms with Crippen LogP contribution in [0.2, 0.25) is 0 Å². The van der Waals surface area contributed by atoms with Crippen molar-refractivity contribution in [3.8, 4) is 0 Å². The van der Waals surface area contributed by atoms with Crippen molar-refractivity contribution >= 4 is 29.0 Å². The van der Waals surface area contributed by atoms with Crippen LogP contribution in [0.25, 0.3) is 0 Å². The number of nitrogens with zero attached hydrogens (tertiary/aromatic N) is 5. The van der Waals surface area contributed by atoms with Gasteiger partial charge in [-0.25, -0.2) is 23.7 Å². The van der Waals surface area contributed by atoms with Crippen LogP contribution in [-0.2, 0) is 0 Å². The molecule has 176 valence electrons. The van der Waals surface area contributed by atoms with Gasteiger partial charge in [0.15, 0.2) is 0 Å². The van der Waals surface area contributed by atoms with Crippen molar-refractivity contribution in [1.29, 1.82) is 0 Å². The average molecular weight is 467 g/mol. The summed E-state index contributed by atoms with van der Waals surface area (Å²) < 4.78 is 26.9. The van der Waals surface area contributed by atoms with Crippen LogP contribution in [0.5, 0.6) is 0 Å². The van der Waals surface area contributed by atoms with Crippen LogP contribution in [-0.4, -0.2) is 64.9 Å². The van der Waals surface area contributed by atoms with E-state index in [0.29, 0.717) is 0 Å². The third-order valence-corrected chi connectivity index (χ3v) is 5.37. The summed E-state index contributed by atoms with van der Waals surface area (Å²) in [6, 6.07) is 5.75. The maximum atomic E-state index is 13.8. The molecule has 34 heavy (non-hydrogen) atoms. The Morgan fingerprint density at radius 2 is 1.62 bits per heavy atom. The number of carbonyl (C=O) groups is 2. The first-order chi connectivity index (χ1) is 16.4. The van der Waals surface area contributed by atoms with Crippen molar-refractivity contribution < 1.29 is 18.4 Å². The summed E-state index contributed by atoms with van der Waals surface area (Å²) >= 11 is 0. The fourth-order valence-corrected chi connectivity index (χ4v) is 3.53. The number of hydrogen-bond donors (Lipinski definition) is 2. The van der Waals surface area contributed by atoms with Crippen LogP contribution in [0.1, 0.15) is 27.4 Å². The highest BCUT2D eigenvalue weighted by atomic mass is 19.1. The lowest BCUT2D eigenvalue weighted by Crippen LogP contribution is -2.29. The van der Waals surface area contributed by atoms with E-state index in [9.17, 15) is 18.4 Å². The first-order valence-corrected chi connectivity index (χ1v) is 10.7. The quantitative estimate of drug-likeness (QED) is 0.595.